The average molecular weight is 558 g/mol. The van der Waals surface area contributed by atoms with Crippen LogP contribution in [-0.4, -0.2) is 74.4 Å². The molecule has 208 valence electrons. The molecular formula is C32H35N3O4S. The fourth-order valence-corrected chi connectivity index (χ4v) is 9.46. The van der Waals surface area contributed by atoms with Crippen molar-refractivity contribution < 1.29 is 19.5 Å². The zero-order valence-electron chi connectivity index (χ0n) is 23.1. The largest absolute Gasteiger partial charge is 0.395 e. The fraction of sp³-hybridized carbons (Fsp3) is 0.406. The summed E-state index contributed by atoms with van der Waals surface area (Å²) in [5.74, 6) is -1.82. The van der Waals surface area contributed by atoms with Gasteiger partial charge in [-0.15, -0.1) is 11.8 Å². The van der Waals surface area contributed by atoms with Gasteiger partial charge >= 0.3 is 0 Å². The summed E-state index contributed by atoms with van der Waals surface area (Å²) in [6.07, 6.45) is 8.12. The molecule has 2 fully saturated rings. The molecule has 7 nitrogen and oxygen atoms in total. The van der Waals surface area contributed by atoms with E-state index >= 15 is 0 Å². The summed E-state index contributed by atoms with van der Waals surface area (Å²) in [6.45, 7) is 7.09. The number of aliphatic hydroxyl groups is 1. The molecule has 4 heterocycles. The first-order valence-corrected chi connectivity index (χ1v) is 14.7. The molecule has 40 heavy (non-hydrogen) atoms. The smallest absolute Gasteiger partial charge is 0.251 e. The zero-order chi connectivity index (χ0) is 28.2. The van der Waals surface area contributed by atoms with Crippen LogP contribution in [-0.2, 0) is 20.9 Å². The molecule has 0 aromatic heterocycles. The van der Waals surface area contributed by atoms with Crippen molar-refractivity contribution in [1.82, 2.24) is 9.80 Å². The molecule has 4 aliphatic heterocycles. The Balaban J connectivity index is 1.44. The van der Waals surface area contributed by atoms with E-state index in [-0.39, 0.29) is 30.9 Å². The number of β-amino-alcohol motifs (C(OH)–C–C–N with tert-alkyl or cyclic N) is 1. The number of hydrogen-bond acceptors (Lipinski definition) is 5. The number of rotatable bonds is 5. The molecule has 0 radical (unpaired) electrons. The molecule has 6 rings (SSSR count). The number of nitrogens with zero attached hydrogens (tertiary/aromatic N) is 3. The van der Waals surface area contributed by atoms with E-state index in [0.717, 1.165) is 22.4 Å². The maximum Gasteiger partial charge on any atom is 0.251 e. The SMILES string of the molecule is Cc1cccc(C)c1N1CC=C[C@]23S[C@]4(C)C=CCN(Cc5ccccc5)C(=O)[C@@H]4[C@H]2C(=O)N(CCO)C3C1=O. The maximum atomic E-state index is 14.5. The van der Waals surface area contributed by atoms with Crippen LogP contribution in [0, 0.1) is 25.7 Å². The molecule has 0 bridgehead atoms. The molecular weight excluding hydrogens is 522 g/mol. The number of para-hydroxylation sites is 1. The van der Waals surface area contributed by atoms with Crippen molar-refractivity contribution in [1.29, 1.82) is 0 Å². The number of thioether (sulfide) groups is 1. The number of aliphatic hydroxyl groups excluding tert-OH is 1. The lowest BCUT2D eigenvalue weighted by Gasteiger charge is -2.37. The minimum atomic E-state index is -0.927. The number of carbonyl (C=O) groups excluding carboxylic acids is 3. The highest BCUT2D eigenvalue weighted by molar-refractivity contribution is 8.02. The Hall–Kier alpha value is -3.36. The summed E-state index contributed by atoms with van der Waals surface area (Å²) < 4.78 is -1.59. The van der Waals surface area contributed by atoms with Crippen LogP contribution in [0.3, 0.4) is 0 Å². The molecule has 2 aromatic rings. The predicted octanol–water partition coefficient (Wildman–Crippen LogP) is 3.48. The van der Waals surface area contributed by atoms with Gasteiger partial charge in [-0.25, -0.2) is 0 Å². The van der Waals surface area contributed by atoms with Gasteiger partial charge in [0.2, 0.25) is 11.8 Å². The van der Waals surface area contributed by atoms with E-state index in [1.807, 2.05) is 92.4 Å². The van der Waals surface area contributed by atoms with Crippen molar-refractivity contribution in [2.24, 2.45) is 11.8 Å². The van der Waals surface area contributed by atoms with E-state index in [1.165, 1.54) is 0 Å². The van der Waals surface area contributed by atoms with Gasteiger partial charge in [0.05, 0.1) is 23.2 Å². The summed E-state index contributed by atoms with van der Waals surface area (Å²) in [4.78, 5) is 48.3. The first kappa shape index (κ1) is 26.8. The maximum absolute atomic E-state index is 14.5. The number of benzene rings is 2. The highest BCUT2D eigenvalue weighted by atomic mass is 32.2. The van der Waals surface area contributed by atoms with Gasteiger partial charge in [-0.3, -0.25) is 14.4 Å². The second-order valence-corrected chi connectivity index (χ2v) is 13.2. The predicted molar refractivity (Wildman–Crippen MR) is 157 cm³/mol. The van der Waals surface area contributed by atoms with Crippen LogP contribution in [0.5, 0.6) is 0 Å². The topological polar surface area (TPSA) is 81.2 Å². The Labute approximate surface area is 239 Å². The van der Waals surface area contributed by atoms with E-state index in [1.54, 1.807) is 21.6 Å². The molecule has 1 N–H and O–H groups in total. The van der Waals surface area contributed by atoms with Crippen LogP contribution in [0.15, 0.2) is 72.8 Å². The van der Waals surface area contributed by atoms with E-state index < -0.39 is 27.4 Å². The monoisotopic (exact) mass is 557 g/mol. The van der Waals surface area contributed by atoms with Crippen molar-refractivity contribution in [3.05, 3.63) is 89.5 Å². The quantitative estimate of drug-likeness (QED) is 0.570. The number of anilines is 1. The molecule has 8 heteroatoms. The van der Waals surface area contributed by atoms with Crippen molar-refractivity contribution in [3.8, 4) is 0 Å². The minimum Gasteiger partial charge on any atom is -0.395 e. The first-order valence-electron chi connectivity index (χ1n) is 13.9. The summed E-state index contributed by atoms with van der Waals surface area (Å²) in [7, 11) is 0. The Kier molecular flexibility index (Phi) is 6.66. The van der Waals surface area contributed by atoms with E-state index in [2.05, 4.69) is 6.08 Å². The Morgan fingerprint density at radius 2 is 1.57 bits per heavy atom. The molecule has 0 saturated carbocycles. The van der Waals surface area contributed by atoms with E-state index in [9.17, 15) is 19.5 Å². The van der Waals surface area contributed by atoms with Crippen molar-refractivity contribution >= 4 is 35.2 Å². The standard InChI is InChI=1S/C32H35N3O4S/c1-21-10-7-11-22(2)26(21)34-17-9-15-32-25(29(38)35(18-19-36)27(32)30(34)39)24-28(37)33(16-8-14-31(24,3)40-32)20-23-12-5-4-6-13-23/h4-15,24-25,27,36H,16-20H2,1-3H3/t24-,25-,27?,31+,32-/m0/s1. The van der Waals surface area contributed by atoms with Crippen molar-refractivity contribution in [3.63, 3.8) is 0 Å². The van der Waals surface area contributed by atoms with Gasteiger partial charge in [-0.05, 0) is 37.5 Å². The van der Waals surface area contributed by atoms with E-state index in [4.69, 9.17) is 0 Å². The molecule has 2 aromatic carbocycles. The molecule has 2 saturated heterocycles. The summed E-state index contributed by atoms with van der Waals surface area (Å²) in [5.41, 5.74) is 3.85. The Bertz CT molecular complexity index is 1400. The van der Waals surface area contributed by atoms with Crippen LogP contribution in [0.1, 0.15) is 23.6 Å². The molecule has 5 atom stereocenters. The number of likely N-dealkylation sites (tertiary alicyclic amines) is 1. The third kappa shape index (κ3) is 3.95. The lowest BCUT2D eigenvalue weighted by Crippen LogP contribution is -2.54. The number of aryl methyl sites for hydroxylation is 2. The number of fused-ring (bicyclic) bond motifs is 2. The minimum absolute atomic E-state index is 0.0453. The van der Waals surface area contributed by atoms with Crippen LogP contribution in [0.25, 0.3) is 0 Å². The van der Waals surface area contributed by atoms with Gasteiger partial charge < -0.3 is 19.8 Å². The van der Waals surface area contributed by atoms with Gasteiger partial charge in [0.25, 0.3) is 5.91 Å². The normalized spacial score (nSPS) is 31.2. The van der Waals surface area contributed by atoms with Crippen molar-refractivity contribution in [2.45, 2.75) is 42.9 Å². The summed E-state index contributed by atoms with van der Waals surface area (Å²) >= 11 is 1.57. The first-order chi connectivity index (χ1) is 19.2. The van der Waals surface area contributed by atoms with Gasteiger partial charge in [0, 0.05) is 36.6 Å². The van der Waals surface area contributed by atoms with Crippen LogP contribution in [0.2, 0.25) is 0 Å². The summed E-state index contributed by atoms with van der Waals surface area (Å²) in [5, 5.41) is 9.98. The molecule has 4 aliphatic rings. The second-order valence-electron chi connectivity index (χ2n) is 11.5. The fourth-order valence-electron chi connectivity index (χ4n) is 7.30. The van der Waals surface area contributed by atoms with Gasteiger partial charge in [0.1, 0.15) is 6.04 Å². The van der Waals surface area contributed by atoms with Crippen LogP contribution in [0.4, 0.5) is 5.69 Å². The molecule has 1 spiro atoms. The highest BCUT2D eigenvalue weighted by Gasteiger charge is 2.73. The Morgan fingerprint density at radius 1 is 0.875 bits per heavy atom. The number of hydrogen-bond donors (Lipinski definition) is 1. The molecule has 1 unspecified atom stereocenters. The van der Waals surface area contributed by atoms with Gasteiger partial charge in [-0.2, -0.15) is 0 Å². The third-order valence-electron chi connectivity index (χ3n) is 8.91. The van der Waals surface area contributed by atoms with Gasteiger partial charge in [-0.1, -0.05) is 72.8 Å². The van der Waals surface area contributed by atoms with Crippen LogP contribution >= 0.6 is 11.8 Å². The second kappa shape index (κ2) is 9.93. The van der Waals surface area contributed by atoms with Crippen LogP contribution < -0.4 is 4.90 Å². The zero-order valence-corrected chi connectivity index (χ0v) is 23.9. The highest BCUT2D eigenvalue weighted by Crippen LogP contribution is 2.65. The Morgan fingerprint density at radius 3 is 2.27 bits per heavy atom. The lowest BCUT2D eigenvalue weighted by atomic mass is 9.74. The third-order valence-corrected chi connectivity index (χ3v) is 10.7. The molecule has 3 amide bonds. The average Bonchev–Trinajstić information content (AvgIpc) is 3.19. The number of carbonyl (C=O) groups is 3. The summed E-state index contributed by atoms with van der Waals surface area (Å²) in [6, 6.07) is 15.0. The molecule has 0 aliphatic carbocycles. The number of amides is 3. The van der Waals surface area contributed by atoms with Gasteiger partial charge in [0.15, 0.2) is 0 Å². The van der Waals surface area contributed by atoms with Crippen molar-refractivity contribution in [2.75, 3.05) is 31.1 Å². The lowest BCUT2D eigenvalue weighted by molar-refractivity contribution is -0.144. The van der Waals surface area contributed by atoms with E-state index in [0.29, 0.717) is 19.6 Å².